The lowest BCUT2D eigenvalue weighted by Crippen LogP contribution is -2.45. The average molecular weight is 261 g/mol. The third kappa shape index (κ3) is 8.34. The second-order valence-electron chi connectivity index (χ2n) is 3.55. The molecule has 0 radical (unpaired) electrons. The van der Waals surface area contributed by atoms with E-state index in [2.05, 4.69) is 16.0 Å². The molecule has 4 N–H and O–H groups in total. The number of carbonyl (C=O) groups is 3. The predicted octanol–water partition coefficient (Wildman–Crippen LogP) is -1.09. The highest BCUT2D eigenvalue weighted by atomic mass is 16.5. The van der Waals surface area contributed by atoms with Gasteiger partial charge in [0.1, 0.15) is 6.04 Å². The Hall–Kier alpha value is -1.83. The Morgan fingerprint density at radius 1 is 1.22 bits per heavy atom. The van der Waals surface area contributed by atoms with Gasteiger partial charge >= 0.3 is 12.0 Å². The summed E-state index contributed by atoms with van der Waals surface area (Å²) in [5, 5.41) is 15.7. The highest BCUT2D eigenvalue weighted by molar-refractivity contribution is 5.82. The number of ether oxygens (including phenoxy) is 1. The SMILES string of the molecule is COCCNC(=O)CCNC(=O)N[C@@H](C)C(=O)O. The van der Waals surface area contributed by atoms with E-state index in [9.17, 15) is 14.4 Å². The Balaban J connectivity index is 3.61. The fourth-order valence-corrected chi connectivity index (χ4v) is 0.980. The van der Waals surface area contributed by atoms with Gasteiger partial charge in [-0.1, -0.05) is 0 Å². The molecular weight excluding hydrogens is 242 g/mol. The van der Waals surface area contributed by atoms with Crippen LogP contribution in [0.25, 0.3) is 0 Å². The van der Waals surface area contributed by atoms with Crippen LogP contribution in [0, 0.1) is 0 Å². The third-order valence-electron chi connectivity index (χ3n) is 1.98. The van der Waals surface area contributed by atoms with Crippen LogP contribution in [-0.2, 0) is 14.3 Å². The highest BCUT2D eigenvalue weighted by Gasteiger charge is 2.13. The Morgan fingerprint density at radius 3 is 2.44 bits per heavy atom. The van der Waals surface area contributed by atoms with Crippen LogP contribution in [0.2, 0.25) is 0 Å². The van der Waals surface area contributed by atoms with Crippen LogP contribution in [0.4, 0.5) is 4.79 Å². The van der Waals surface area contributed by atoms with Crippen molar-refractivity contribution in [1.29, 1.82) is 0 Å². The molecule has 18 heavy (non-hydrogen) atoms. The second kappa shape index (κ2) is 9.23. The lowest BCUT2D eigenvalue weighted by Gasteiger charge is -2.10. The average Bonchev–Trinajstić information content (AvgIpc) is 2.29. The fourth-order valence-electron chi connectivity index (χ4n) is 0.980. The molecule has 0 heterocycles. The molecule has 8 heteroatoms. The van der Waals surface area contributed by atoms with Crippen LogP contribution in [0.3, 0.4) is 0 Å². The molecule has 0 unspecified atom stereocenters. The molecule has 0 aromatic carbocycles. The summed E-state index contributed by atoms with van der Waals surface area (Å²) >= 11 is 0. The second-order valence-corrected chi connectivity index (χ2v) is 3.55. The van der Waals surface area contributed by atoms with E-state index in [0.717, 1.165) is 0 Å². The number of hydrogen-bond acceptors (Lipinski definition) is 4. The fraction of sp³-hybridized carbons (Fsp3) is 0.700. The standard InChI is InChI=1S/C10H19N3O5/c1-7(9(15)16)13-10(17)12-4-3-8(14)11-5-6-18-2/h7H,3-6H2,1-2H3,(H,11,14)(H,15,16)(H2,12,13,17)/t7-/m0/s1. The van der Waals surface area contributed by atoms with Gasteiger partial charge in [-0.15, -0.1) is 0 Å². The number of aliphatic carboxylic acids is 1. The zero-order valence-electron chi connectivity index (χ0n) is 10.5. The first-order valence-corrected chi connectivity index (χ1v) is 5.50. The number of rotatable bonds is 8. The molecule has 0 saturated heterocycles. The van der Waals surface area contributed by atoms with Crippen molar-refractivity contribution in [3.8, 4) is 0 Å². The van der Waals surface area contributed by atoms with Crippen molar-refractivity contribution in [2.45, 2.75) is 19.4 Å². The zero-order valence-corrected chi connectivity index (χ0v) is 10.5. The van der Waals surface area contributed by atoms with Gasteiger partial charge in [-0.25, -0.2) is 4.79 Å². The maximum absolute atomic E-state index is 11.2. The van der Waals surface area contributed by atoms with E-state index in [1.54, 1.807) is 0 Å². The van der Waals surface area contributed by atoms with Crippen molar-refractivity contribution < 1.29 is 24.2 Å². The van der Waals surface area contributed by atoms with Crippen LogP contribution < -0.4 is 16.0 Å². The third-order valence-corrected chi connectivity index (χ3v) is 1.98. The molecule has 0 aromatic heterocycles. The van der Waals surface area contributed by atoms with Gasteiger partial charge in [0.25, 0.3) is 0 Å². The van der Waals surface area contributed by atoms with Gasteiger partial charge in [-0.05, 0) is 6.92 Å². The van der Waals surface area contributed by atoms with Gasteiger partial charge in [0, 0.05) is 26.6 Å². The summed E-state index contributed by atoms with van der Waals surface area (Å²) in [6, 6.07) is -1.59. The molecule has 8 nitrogen and oxygen atoms in total. The van der Waals surface area contributed by atoms with E-state index in [1.165, 1.54) is 14.0 Å². The number of methoxy groups -OCH3 is 1. The Morgan fingerprint density at radius 2 is 1.89 bits per heavy atom. The van der Waals surface area contributed by atoms with Crippen LogP contribution >= 0.6 is 0 Å². The lowest BCUT2D eigenvalue weighted by molar-refractivity contribution is -0.138. The number of amides is 3. The summed E-state index contributed by atoms with van der Waals surface area (Å²) in [5.74, 6) is -1.33. The topological polar surface area (TPSA) is 117 Å². The summed E-state index contributed by atoms with van der Waals surface area (Å²) in [6.45, 7) is 2.32. The normalized spacial score (nSPS) is 11.4. The Kier molecular flexibility index (Phi) is 8.29. The molecule has 1 atom stereocenters. The number of carbonyl (C=O) groups excluding carboxylic acids is 2. The maximum atomic E-state index is 11.2. The number of nitrogens with one attached hydrogen (secondary N) is 3. The number of hydrogen-bond donors (Lipinski definition) is 4. The summed E-state index contributed by atoms with van der Waals surface area (Å²) < 4.78 is 4.75. The molecule has 0 aliphatic heterocycles. The maximum Gasteiger partial charge on any atom is 0.325 e. The molecule has 104 valence electrons. The van der Waals surface area contributed by atoms with E-state index in [4.69, 9.17) is 9.84 Å². The summed E-state index contributed by atoms with van der Waals surface area (Å²) in [7, 11) is 1.53. The van der Waals surface area contributed by atoms with E-state index in [1.807, 2.05) is 0 Å². The molecule has 0 aromatic rings. The van der Waals surface area contributed by atoms with E-state index < -0.39 is 18.0 Å². The first-order chi connectivity index (χ1) is 8.47. The van der Waals surface area contributed by atoms with Crippen LogP contribution in [0.15, 0.2) is 0 Å². The van der Waals surface area contributed by atoms with Crippen molar-refractivity contribution in [2.75, 3.05) is 26.8 Å². The van der Waals surface area contributed by atoms with Gasteiger partial charge in [0.05, 0.1) is 6.61 Å². The van der Waals surface area contributed by atoms with Crippen molar-refractivity contribution in [2.24, 2.45) is 0 Å². The van der Waals surface area contributed by atoms with Gasteiger partial charge in [-0.2, -0.15) is 0 Å². The molecule has 0 bridgehead atoms. The minimum Gasteiger partial charge on any atom is -0.480 e. The monoisotopic (exact) mass is 261 g/mol. The lowest BCUT2D eigenvalue weighted by atomic mass is 10.3. The van der Waals surface area contributed by atoms with Crippen molar-refractivity contribution in [3.05, 3.63) is 0 Å². The number of carboxylic acid groups (broad SMARTS) is 1. The largest absolute Gasteiger partial charge is 0.480 e. The molecule has 0 fully saturated rings. The predicted molar refractivity (Wildman–Crippen MR) is 63.1 cm³/mol. The first-order valence-electron chi connectivity index (χ1n) is 5.50. The summed E-state index contributed by atoms with van der Waals surface area (Å²) in [4.78, 5) is 32.8. The van der Waals surface area contributed by atoms with Gasteiger partial charge < -0.3 is 25.8 Å². The molecule has 0 saturated carbocycles. The van der Waals surface area contributed by atoms with Crippen LogP contribution in [0.1, 0.15) is 13.3 Å². The molecule has 0 aliphatic carbocycles. The minimum atomic E-state index is -1.12. The number of urea groups is 1. The first kappa shape index (κ1) is 16.2. The quantitative estimate of drug-likeness (QED) is 0.414. The summed E-state index contributed by atoms with van der Waals surface area (Å²) in [6.07, 6.45) is 0.124. The Bertz CT molecular complexity index is 295. The smallest absolute Gasteiger partial charge is 0.325 e. The molecular formula is C10H19N3O5. The molecule has 0 spiro atoms. The van der Waals surface area contributed by atoms with Gasteiger partial charge in [0.2, 0.25) is 5.91 Å². The van der Waals surface area contributed by atoms with Gasteiger partial charge in [0.15, 0.2) is 0 Å². The van der Waals surface area contributed by atoms with Crippen LogP contribution in [0.5, 0.6) is 0 Å². The minimum absolute atomic E-state index is 0.124. The van der Waals surface area contributed by atoms with Gasteiger partial charge in [-0.3, -0.25) is 9.59 Å². The van der Waals surface area contributed by atoms with Crippen molar-refractivity contribution >= 4 is 17.9 Å². The molecule has 3 amide bonds. The summed E-state index contributed by atoms with van der Waals surface area (Å²) in [5.41, 5.74) is 0. The molecule has 0 aliphatic rings. The zero-order chi connectivity index (χ0) is 14.0. The highest BCUT2D eigenvalue weighted by Crippen LogP contribution is 1.82. The van der Waals surface area contributed by atoms with E-state index >= 15 is 0 Å². The van der Waals surface area contributed by atoms with Crippen molar-refractivity contribution in [1.82, 2.24) is 16.0 Å². The van der Waals surface area contributed by atoms with Crippen molar-refractivity contribution in [3.63, 3.8) is 0 Å². The number of carboxylic acids is 1. The Labute approximate surface area is 105 Å². The van der Waals surface area contributed by atoms with Crippen LogP contribution in [-0.4, -0.2) is 55.9 Å². The van der Waals surface area contributed by atoms with E-state index in [-0.39, 0.29) is 18.9 Å². The van der Waals surface area contributed by atoms with E-state index in [0.29, 0.717) is 13.2 Å². The molecule has 0 rings (SSSR count).